The fourth-order valence-corrected chi connectivity index (χ4v) is 10.3. The molecular weight excluding hydrogens is 713 g/mol. The van der Waals surface area contributed by atoms with Crippen LogP contribution in [0.3, 0.4) is 0 Å². The summed E-state index contributed by atoms with van der Waals surface area (Å²) in [5, 5.41) is 0. The van der Waals surface area contributed by atoms with Crippen LogP contribution in [-0.4, -0.2) is 30.0 Å². The monoisotopic (exact) mass is 768 g/mol. The van der Waals surface area contributed by atoms with Crippen LogP contribution in [0.5, 0.6) is 11.8 Å². The van der Waals surface area contributed by atoms with Crippen molar-refractivity contribution < 1.29 is 14.3 Å². The first-order valence-electron chi connectivity index (χ1n) is 21.5. The van der Waals surface area contributed by atoms with Gasteiger partial charge in [-0.1, -0.05) is 160 Å². The summed E-state index contributed by atoms with van der Waals surface area (Å²) in [5.41, 5.74) is 8.42. The predicted molar refractivity (Wildman–Crippen MR) is 234 cm³/mol. The minimum Gasteiger partial charge on any atom is -0.481 e. The van der Waals surface area contributed by atoms with Crippen LogP contribution in [0.4, 0.5) is 0 Å². The highest BCUT2D eigenvalue weighted by Gasteiger charge is 2.47. The molecule has 5 heteroatoms. The zero-order valence-electron chi connectivity index (χ0n) is 34.0. The Bertz CT molecular complexity index is 2060. The first-order valence-corrected chi connectivity index (χ1v) is 21.5. The van der Waals surface area contributed by atoms with E-state index in [1.165, 1.54) is 12.8 Å². The lowest BCUT2D eigenvalue weighted by atomic mass is 9.60. The minimum absolute atomic E-state index is 0.203. The van der Waals surface area contributed by atoms with Gasteiger partial charge in [0.1, 0.15) is 5.78 Å². The van der Waals surface area contributed by atoms with Gasteiger partial charge in [-0.3, -0.25) is 4.79 Å². The maximum Gasteiger partial charge on any atom is 0.216 e. The van der Waals surface area contributed by atoms with Gasteiger partial charge in [-0.05, 0) is 71.9 Å². The third-order valence-electron chi connectivity index (χ3n) is 13.0. The Labute approximate surface area is 344 Å². The molecule has 2 saturated carbocycles. The lowest BCUT2D eigenvalue weighted by Gasteiger charge is -2.42. The number of pyridine rings is 2. The van der Waals surface area contributed by atoms with Crippen LogP contribution in [-0.2, 0) is 4.79 Å². The number of aromatic nitrogens is 2. The maximum atomic E-state index is 16.8. The quantitative estimate of drug-likeness (QED) is 0.110. The van der Waals surface area contributed by atoms with Gasteiger partial charge in [0.15, 0.2) is 0 Å². The van der Waals surface area contributed by atoms with Crippen LogP contribution in [0, 0.1) is 23.7 Å². The Morgan fingerprint density at radius 3 is 1.17 bits per heavy atom. The molecule has 4 aromatic carbocycles. The Morgan fingerprint density at radius 1 is 0.483 bits per heavy atom. The second-order valence-corrected chi connectivity index (χ2v) is 16.4. The number of Topliss-reactive ketones (excluding diaryl/α,β-unsaturated/α-hetero) is 1. The molecule has 6 aromatic rings. The van der Waals surface area contributed by atoms with Crippen molar-refractivity contribution in [2.75, 3.05) is 14.2 Å². The number of carbonyl (C=O) groups excluding carboxylic acids is 1. The van der Waals surface area contributed by atoms with E-state index >= 15 is 4.79 Å². The van der Waals surface area contributed by atoms with Crippen molar-refractivity contribution in [2.24, 2.45) is 23.7 Å². The number of benzene rings is 4. The van der Waals surface area contributed by atoms with Crippen LogP contribution < -0.4 is 9.47 Å². The van der Waals surface area contributed by atoms with Gasteiger partial charge < -0.3 is 9.47 Å². The first kappa shape index (κ1) is 39.3. The van der Waals surface area contributed by atoms with E-state index in [1.54, 1.807) is 14.2 Å². The SMILES string of the molecule is COc1ncc(-c2ccccc2)cc1C(c1ccccc1)C(C(=O)C(C1CCCCC1)C(c1ccccc1)c1cc(-c2ccccc2)cnc1OC)C1CCCCC1. The molecule has 0 amide bonds. The molecule has 0 aliphatic heterocycles. The maximum absolute atomic E-state index is 16.8. The Morgan fingerprint density at radius 2 is 0.828 bits per heavy atom. The number of carbonyl (C=O) groups is 1. The molecular formula is C53H56N2O3. The molecule has 0 spiro atoms. The van der Waals surface area contributed by atoms with Gasteiger partial charge in [0.05, 0.1) is 14.2 Å². The Kier molecular flexibility index (Phi) is 12.7. The van der Waals surface area contributed by atoms with Crippen molar-refractivity contribution in [2.45, 2.75) is 76.0 Å². The molecule has 2 heterocycles. The molecule has 0 N–H and O–H groups in total. The number of ether oxygens (including phenoxy) is 2. The zero-order chi connectivity index (χ0) is 39.7. The molecule has 5 nitrogen and oxygen atoms in total. The molecule has 296 valence electrons. The molecule has 4 unspecified atom stereocenters. The summed E-state index contributed by atoms with van der Waals surface area (Å²) in [6, 6.07) is 46.8. The second-order valence-electron chi connectivity index (χ2n) is 16.4. The number of nitrogens with zero attached hydrogens (tertiary/aromatic N) is 2. The van der Waals surface area contributed by atoms with Gasteiger partial charge in [-0.25, -0.2) is 9.97 Å². The smallest absolute Gasteiger partial charge is 0.216 e. The van der Waals surface area contributed by atoms with Crippen molar-refractivity contribution >= 4 is 5.78 Å². The van der Waals surface area contributed by atoms with Gasteiger partial charge in [0.2, 0.25) is 11.8 Å². The van der Waals surface area contributed by atoms with E-state index in [9.17, 15) is 0 Å². The third kappa shape index (κ3) is 8.50. The molecule has 0 saturated heterocycles. The lowest BCUT2D eigenvalue weighted by molar-refractivity contribution is -0.132. The highest BCUT2D eigenvalue weighted by molar-refractivity contribution is 5.88. The van der Waals surface area contributed by atoms with Crippen LogP contribution in [0.25, 0.3) is 22.3 Å². The summed E-state index contributed by atoms with van der Waals surface area (Å²) in [6.45, 7) is 0. The average molecular weight is 769 g/mol. The van der Waals surface area contributed by atoms with Crippen molar-refractivity contribution in [1.82, 2.24) is 9.97 Å². The van der Waals surface area contributed by atoms with E-state index in [-0.39, 0.29) is 35.5 Å². The zero-order valence-corrected chi connectivity index (χ0v) is 34.0. The van der Waals surface area contributed by atoms with E-state index in [1.807, 2.05) is 24.5 Å². The first-order chi connectivity index (χ1) is 28.6. The lowest BCUT2D eigenvalue weighted by Crippen LogP contribution is -2.42. The van der Waals surface area contributed by atoms with Crippen LogP contribution in [0.1, 0.15) is 98.3 Å². The van der Waals surface area contributed by atoms with Gasteiger partial charge >= 0.3 is 0 Å². The van der Waals surface area contributed by atoms with Gasteiger partial charge in [0.25, 0.3) is 0 Å². The predicted octanol–water partition coefficient (Wildman–Crippen LogP) is 12.8. The van der Waals surface area contributed by atoms with Crippen molar-refractivity contribution in [3.63, 3.8) is 0 Å². The van der Waals surface area contributed by atoms with Gasteiger partial charge in [0, 0.05) is 58.3 Å². The molecule has 2 aliphatic carbocycles. The fourth-order valence-electron chi connectivity index (χ4n) is 10.3. The average Bonchev–Trinajstić information content (AvgIpc) is 3.31. The summed E-state index contributed by atoms with van der Waals surface area (Å²) in [4.78, 5) is 26.8. The van der Waals surface area contributed by atoms with E-state index < -0.39 is 0 Å². The third-order valence-corrected chi connectivity index (χ3v) is 13.0. The molecule has 4 atom stereocenters. The molecule has 0 radical (unpaired) electrons. The van der Waals surface area contributed by atoms with E-state index in [2.05, 4.69) is 121 Å². The van der Waals surface area contributed by atoms with Crippen LogP contribution >= 0.6 is 0 Å². The normalized spacial score (nSPS) is 17.1. The molecule has 2 aromatic heterocycles. The number of hydrogen-bond donors (Lipinski definition) is 0. The summed E-state index contributed by atoms with van der Waals surface area (Å²) < 4.78 is 12.3. The Balaban J connectivity index is 1.37. The van der Waals surface area contributed by atoms with Crippen LogP contribution in [0.15, 0.2) is 146 Å². The fraction of sp³-hybridized carbons (Fsp3) is 0.340. The molecule has 0 bridgehead atoms. The van der Waals surface area contributed by atoms with Gasteiger partial charge in [-0.2, -0.15) is 0 Å². The number of ketones is 1. The Hall–Kier alpha value is -5.55. The summed E-state index contributed by atoms with van der Waals surface area (Å²) >= 11 is 0. The molecule has 2 fully saturated rings. The van der Waals surface area contributed by atoms with E-state index in [4.69, 9.17) is 19.4 Å². The molecule has 2 aliphatic rings. The van der Waals surface area contributed by atoms with Crippen molar-refractivity contribution in [3.8, 4) is 34.0 Å². The van der Waals surface area contributed by atoms with E-state index in [0.717, 1.165) is 95.9 Å². The highest BCUT2D eigenvalue weighted by Crippen LogP contribution is 2.52. The number of methoxy groups -OCH3 is 2. The standard InChI is InChI=1S/C53H56N2O3/c1-57-52-45(33-43(35-54-52)37-21-9-3-10-22-37)47(39-25-13-5-14-26-39)49(41-29-17-7-18-30-41)51(56)50(42-31-19-8-20-32-42)48(40-27-15-6-16-28-40)46-34-44(36-55-53(46)58-2)38-23-11-4-12-24-38/h3-6,9-16,21-28,33-36,41-42,47-50H,7-8,17-20,29-32H2,1-2H3. The largest absolute Gasteiger partial charge is 0.481 e. The number of hydrogen-bond acceptors (Lipinski definition) is 5. The van der Waals surface area contributed by atoms with E-state index in [0.29, 0.717) is 17.5 Å². The summed E-state index contributed by atoms with van der Waals surface area (Å²) in [6.07, 6.45) is 14.8. The minimum atomic E-state index is -0.307. The topological polar surface area (TPSA) is 61.3 Å². The van der Waals surface area contributed by atoms with Crippen molar-refractivity contribution in [1.29, 1.82) is 0 Å². The van der Waals surface area contributed by atoms with Crippen LogP contribution in [0.2, 0.25) is 0 Å². The summed E-state index contributed by atoms with van der Waals surface area (Å²) in [7, 11) is 3.42. The number of rotatable bonds is 14. The summed E-state index contributed by atoms with van der Waals surface area (Å²) in [5.74, 6) is 0.778. The van der Waals surface area contributed by atoms with Gasteiger partial charge in [-0.15, -0.1) is 0 Å². The van der Waals surface area contributed by atoms with Crippen molar-refractivity contribution in [3.05, 3.63) is 168 Å². The molecule has 58 heavy (non-hydrogen) atoms. The molecule has 8 rings (SSSR count). The highest BCUT2D eigenvalue weighted by atomic mass is 16.5. The second kappa shape index (κ2) is 18.8.